The number of nitrogens with zero attached hydrogens (tertiary/aromatic N) is 4. The molecule has 0 bridgehead atoms. The summed E-state index contributed by atoms with van der Waals surface area (Å²) < 4.78 is 36.8. The second-order valence-electron chi connectivity index (χ2n) is 6.93. The number of imidazole rings is 1. The molecule has 0 saturated carbocycles. The number of rotatable bonds is 6. The summed E-state index contributed by atoms with van der Waals surface area (Å²) in [5.74, 6) is -1.97. The summed E-state index contributed by atoms with van der Waals surface area (Å²) in [7, 11) is 0. The second kappa shape index (κ2) is 7.58. The lowest BCUT2D eigenvalue weighted by atomic mass is 10.2. The summed E-state index contributed by atoms with van der Waals surface area (Å²) in [6, 6.07) is 5.41. The molecule has 1 aromatic carbocycles. The van der Waals surface area contributed by atoms with Gasteiger partial charge in [-0.3, -0.25) is 13.9 Å². The first kappa shape index (κ1) is 19.6. The monoisotopic (exact) mass is 412 g/mol. The number of aliphatic carboxylic acids is 1. The molecule has 0 spiro atoms. The Hall–Kier alpha value is -3.75. The summed E-state index contributed by atoms with van der Waals surface area (Å²) in [5.41, 5.74) is 3.28. The molecule has 0 atom stereocenters. The first-order valence-corrected chi connectivity index (χ1v) is 9.13. The number of carbonyl (C=O) groups is 1. The largest absolute Gasteiger partial charge is 0.485 e. The maximum atomic E-state index is 13.9. The summed E-state index contributed by atoms with van der Waals surface area (Å²) >= 11 is 0. The van der Waals surface area contributed by atoms with E-state index in [0.717, 1.165) is 11.3 Å². The van der Waals surface area contributed by atoms with Gasteiger partial charge < -0.3 is 9.84 Å². The molecule has 0 radical (unpaired) electrons. The van der Waals surface area contributed by atoms with Crippen molar-refractivity contribution in [3.63, 3.8) is 0 Å². The zero-order valence-corrected chi connectivity index (χ0v) is 16.3. The standard InChI is InChI=1S/C21H18F2N4O3/c1-12-6-18(30-11-15-16(22)4-3-5-17(15)23)21-25-13(2)20(27(21)8-12)14-7-24-26(9-14)10-19(28)29/h3-9H,10-11H2,1-2H3,(H,28,29). The van der Waals surface area contributed by atoms with Crippen molar-refractivity contribution in [2.24, 2.45) is 0 Å². The van der Waals surface area contributed by atoms with Gasteiger partial charge in [-0.2, -0.15) is 5.10 Å². The molecule has 0 saturated heterocycles. The van der Waals surface area contributed by atoms with Crippen molar-refractivity contribution in [2.75, 3.05) is 0 Å². The lowest BCUT2D eigenvalue weighted by Gasteiger charge is -2.11. The number of carboxylic acid groups (broad SMARTS) is 1. The Morgan fingerprint density at radius 3 is 2.63 bits per heavy atom. The van der Waals surface area contributed by atoms with Crippen molar-refractivity contribution in [1.82, 2.24) is 19.2 Å². The smallest absolute Gasteiger partial charge is 0.325 e. The highest BCUT2D eigenvalue weighted by atomic mass is 19.1. The Bertz CT molecular complexity index is 1240. The van der Waals surface area contributed by atoms with Gasteiger partial charge >= 0.3 is 5.97 Å². The zero-order chi connectivity index (χ0) is 21.4. The lowest BCUT2D eigenvalue weighted by Crippen LogP contribution is -2.08. The van der Waals surface area contributed by atoms with Crippen LogP contribution in [-0.4, -0.2) is 30.2 Å². The van der Waals surface area contributed by atoms with Crippen molar-refractivity contribution in [1.29, 1.82) is 0 Å². The van der Waals surface area contributed by atoms with E-state index in [2.05, 4.69) is 10.1 Å². The summed E-state index contributed by atoms with van der Waals surface area (Å²) in [6.45, 7) is 3.14. The molecular formula is C21H18F2N4O3. The van der Waals surface area contributed by atoms with Crippen molar-refractivity contribution < 1.29 is 23.4 Å². The van der Waals surface area contributed by atoms with E-state index in [4.69, 9.17) is 9.84 Å². The predicted molar refractivity (Wildman–Crippen MR) is 104 cm³/mol. The fraction of sp³-hybridized carbons (Fsp3) is 0.190. The molecule has 7 nitrogen and oxygen atoms in total. The van der Waals surface area contributed by atoms with Gasteiger partial charge in [0.1, 0.15) is 24.8 Å². The topological polar surface area (TPSA) is 81.7 Å². The Kier molecular flexibility index (Phi) is 4.94. The maximum absolute atomic E-state index is 13.9. The molecule has 9 heteroatoms. The summed E-state index contributed by atoms with van der Waals surface area (Å²) in [6.07, 6.45) is 5.05. The lowest BCUT2D eigenvalue weighted by molar-refractivity contribution is -0.137. The van der Waals surface area contributed by atoms with Crippen LogP contribution < -0.4 is 4.74 Å². The van der Waals surface area contributed by atoms with Gasteiger partial charge in [0.15, 0.2) is 11.4 Å². The molecule has 0 fully saturated rings. The number of aromatic nitrogens is 4. The van der Waals surface area contributed by atoms with E-state index in [-0.39, 0.29) is 18.7 Å². The van der Waals surface area contributed by atoms with Gasteiger partial charge in [-0.05, 0) is 37.6 Å². The van der Waals surface area contributed by atoms with E-state index in [9.17, 15) is 13.6 Å². The van der Waals surface area contributed by atoms with E-state index >= 15 is 0 Å². The number of carboxylic acids is 1. The fourth-order valence-corrected chi connectivity index (χ4v) is 3.34. The molecule has 0 amide bonds. The maximum Gasteiger partial charge on any atom is 0.325 e. The molecule has 0 aliphatic rings. The van der Waals surface area contributed by atoms with Crippen molar-refractivity contribution >= 4 is 11.6 Å². The molecule has 0 aliphatic heterocycles. The van der Waals surface area contributed by atoms with Crippen LogP contribution in [0.25, 0.3) is 16.9 Å². The number of hydrogen-bond acceptors (Lipinski definition) is 4. The van der Waals surface area contributed by atoms with E-state index in [1.807, 2.05) is 20.0 Å². The van der Waals surface area contributed by atoms with Crippen molar-refractivity contribution in [3.05, 3.63) is 71.3 Å². The van der Waals surface area contributed by atoms with Crippen LogP contribution in [0, 0.1) is 25.5 Å². The molecule has 30 heavy (non-hydrogen) atoms. The van der Waals surface area contributed by atoms with Gasteiger partial charge in [0.25, 0.3) is 0 Å². The first-order chi connectivity index (χ1) is 14.3. The van der Waals surface area contributed by atoms with Crippen LogP contribution in [0.1, 0.15) is 16.8 Å². The minimum absolute atomic E-state index is 0.157. The third-order valence-corrected chi connectivity index (χ3v) is 4.63. The van der Waals surface area contributed by atoms with Crippen LogP contribution >= 0.6 is 0 Å². The average molecular weight is 412 g/mol. The van der Waals surface area contributed by atoms with Crippen LogP contribution in [0.2, 0.25) is 0 Å². The number of aryl methyl sites for hydroxylation is 2. The Morgan fingerprint density at radius 2 is 1.93 bits per heavy atom. The normalized spacial score (nSPS) is 11.2. The molecule has 1 N–H and O–H groups in total. The second-order valence-corrected chi connectivity index (χ2v) is 6.93. The van der Waals surface area contributed by atoms with Crippen molar-refractivity contribution in [3.8, 4) is 17.0 Å². The van der Waals surface area contributed by atoms with Gasteiger partial charge in [-0.15, -0.1) is 0 Å². The highest BCUT2D eigenvalue weighted by molar-refractivity contribution is 5.70. The highest BCUT2D eigenvalue weighted by Gasteiger charge is 2.18. The van der Waals surface area contributed by atoms with Gasteiger partial charge in [-0.1, -0.05) is 6.07 Å². The summed E-state index contributed by atoms with van der Waals surface area (Å²) in [4.78, 5) is 15.5. The minimum Gasteiger partial charge on any atom is -0.485 e. The predicted octanol–water partition coefficient (Wildman–Crippen LogP) is 3.76. The SMILES string of the molecule is Cc1cc(OCc2c(F)cccc2F)c2nc(C)c(-c3cnn(CC(=O)O)c3)n2c1. The molecule has 4 aromatic rings. The van der Waals surface area contributed by atoms with E-state index < -0.39 is 17.6 Å². The quantitative estimate of drug-likeness (QED) is 0.522. The van der Waals surface area contributed by atoms with E-state index in [1.54, 1.807) is 22.9 Å². The Morgan fingerprint density at radius 1 is 1.20 bits per heavy atom. The number of ether oxygens (including phenoxy) is 1. The van der Waals surface area contributed by atoms with Crippen molar-refractivity contribution in [2.45, 2.75) is 27.0 Å². The van der Waals surface area contributed by atoms with Crippen LogP contribution in [-0.2, 0) is 17.9 Å². The number of halogens is 2. The van der Waals surface area contributed by atoms with Gasteiger partial charge in [0.05, 0.1) is 23.1 Å². The highest BCUT2D eigenvalue weighted by Crippen LogP contribution is 2.30. The Balaban J connectivity index is 1.74. The zero-order valence-electron chi connectivity index (χ0n) is 16.3. The third-order valence-electron chi connectivity index (χ3n) is 4.63. The molecule has 3 aromatic heterocycles. The van der Waals surface area contributed by atoms with E-state index in [0.29, 0.717) is 22.7 Å². The molecule has 0 unspecified atom stereocenters. The van der Waals surface area contributed by atoms with E-state index in [1.165, 1.54) is 22.9 Å². The minimum atomic E-state index is -0.994. The third kappa shape index (κ3) is 3.61. The average Bonchev–Trinajstić information content (AvgIpc) is 3.24. The molecule has 154 valence electrons. The number of benzene rings is 1. The van der Waals surface area contributed by atoms with Crippen LogP contribution in [0.5, 0.6) is 5.75 Å². The van der Waals surface area contributed by atoms with Gasteiger partial charge in [-0.25, -0.2) is 13.8 Å². The molecule has 3 heterocycles. The van der Waals surface area contributed by atoms with Crippen LogP contribution in [0.15, 0.2) is 42.9 Å². The van der Waals surface area contributed by atoms with Gasteiger partial charge in [0.2, 0.25) is 0 Å². The first-order valence-electron chi connectivity index (χ1n) is 9.13. The number of fused-ring (bicyclic) bond motifs is 1. The molecule has 0 aliphatic carbocycles. The summed E-state index contributed by atoms with van der Waals surface area (Å²) in [5, 5.41) is 13.0. The Labute approximate surface area is 170 Å². The van der Waals surface area contributed by atoms with Crippen LogP contribution in [0.3, 0.4) is 0 Å². The fourth-order valence-electron chi connectivity index (χ4n) is 3.34. The molecule has 4 rings (SSSR count). The number of hydrogen-bond donors (Lipinski definition) is 1. The van der Waals surface area contributed by atoms with Crippen LogP contribution in [0.4, 0.5) is 8.78 Å². The number of pyridine rings is 1. The molecular weight excluding hydrogens is 394 g/mol. The van der Waals surface area contributed by atoms with Gasteiger partial charge in [0, 0.05) is 18.0 Å².